The van der Waals surface area contributed by atoms with Crippen molar-refractivity contribution in [3.05, 3.63) is 11.2 Å². The van der Waals surface area contributed by atoms with Crippen LogP contribution in [0.2, 0.25) is 0 Å². The molecule has 0 unspecified atom stereocenters. The van der Waals surface area contributed by atoms with Crippen LogP contribution in [0, 0.1) is 0 Å². The van der Waals surface area contributed by atoms with Crippen molar-refractivity contribution in [1.29, 1.82) is 0 Å². The fourth-order valence-corrected chi connectivity index (χ4v) is 2.64. The van der Waals surface area contributed by atoms with Crippen LogP contribution in [-0.4, -0.2) is 13.4 Å². The lowest BCUT2D eigenvalue weighted by Crippen LogP contribution is -2.09. The number of thiazole rings is 1. The minimum Gasteiger partial charge on any atom is -0.248 e. The van der Waals surface area contributed by atoms with Gasteiger partial charge in [0.25, 0.3) is 9.05 Å². The fraction of sp³-hybridized carbons (Fsp3) is 0.571. The average molecular weight is 240 g/mol. The molecule has 0 radical (unpaired) electrons. The summed E-state index contributed by atoms with van der Waals surface area (Å²) < 4.78 is 21.9. The van der Waals surface area contributed by atoms with E-state index in [2.05, 4.69) is 4.98 Å². The first-order valence-corrected chi connectivity index (χ1v) is 6.75. The number of hydrogen-bond acceptors (Lipinski definition) is 4. The van der Waals surface area contributed by atoms with E-state index in [4.69, 9.17) is 10.7 Å². The van der Waals surface area contributed by atoms with Crippen LogP contribution < -0.4 is 0 Å². The molecular weight excluding hydrogens is 230 g/mol. The van der Waals surface area contributed by atoms with Gasteiger partial charge in [0.1, 0.15) is 0 Å². The van der Waals surface area contributed by atoms with Gasteiger partial charge in [-0.3, -0.25) is 0 Å². The SMILES string of the molecule is CC(C)(C)c1ncc(S(=O)(=O)Cl)s1. The summed E-state index contributed by atoms with van der Waals surface area (Å²) in [7, 11) is 1.55. The molecule has 0 N–H and O–H groups in total. The van der Waals surface area contributed by atoms with Crippen molar-refractivity contribution in [2.45, 2.75) is 30.4 Å². The molecule has 0 aliphatic heterocycles. The maximum absolute atomic E-state index is 10.9. The van der Waals surface area contributed by atoms with Crippen molar-refractivity contribution in [3.63, 3.8) is 0 Å². The van der Waals surface area contributed by atoms with Crippen molar-refractivity contribution in [3.8, 4) is 0 Å². The Bertz CT molecular complexity index is 402. The number of aromatic nitrogens is 1. The fourth-order valence-electron chi connectivity index (χ4n) is 0.719. The molecule has 0 saturated carbocycles. The molecule has 0 aromatic carbocycles. The number of rotatable bonds is 1. The van der Waals surface area contributed by atoms with Crippen LogP contribution in [-0.2, 0) is 14.5 Å². The lowest BCUT2D eigenvalue weighted by atomic mass is 9.98. The van der Waals surface area contributed by atoms with Gasteiger partial charge in [0.05, 0.1) is 11.2 Å². The van der Waals surface area contributed by atoms with Gasteiger partial charge in [0, 0.05) is 16.1 Å². The lowest BCUT2D eigenvalue weighted by molar-refractivity contribution is 0.585. The topological polar surface area (TPSA) is 47.0 Å². The second-order valence-electron chi connectivity index (χ2n) is 3.67. The minimum absolute atomic E-state index is 0.110. The normalized spacial score (nSPS) is 13.2. The van der Waals surface area contributed by atoms with Crippen LogP contribution in [0.5, 0.6) is 0 Å². The molecule has 0 aliphatic carbocycles. The number of hydrogen-bond donors (Lipinski definition) is 0. The van der Waals surface area contributed by atoms with Crippen molar-refractivity contribution in [1.82, 2.24) is 4.98 Å². The summed E-state index contributed by atoms with van der Waals surface area (Å²) in [5, 5.41) is 0.770. The molecule has 0 bridgehead atoms. The molecule has 6 heteroatoms. The van der Waals surface area contributed by atoms with Crippen LogP contribution in [0.4, 0.5) is 0 Å². The molecule has 0 aliphatic rings. The van der Waals surface area contributed by atoms with Crippen LogP contribution in [0.25, 0.3) is 0 Å². The predicted octanol–water partition coefficient (Wildman–Crippen LogP) is 2.37. The third-order valence-corrected chi connectivity index (χ3v) is 4.85. The first-order valence-electron chi connectivity index (χ1n) is 3.62. The van der Waals surface area contributed by atoms with E-state index in [-0.39, 0.29) is 9.62 Å². The van der Waals surface area contributed by atoms with Gasteiger partial charge in [-0.15, -0.1) is 11.3 Å². The van der Waals surface area contributed by atoms with E-state index in [9.17, 15) is 8.42 Å². The van der Waals surface area contributed by atoms with Crippen LogP contribution in [0.15, 0.2) is 10.4 Å². The maximum Gasteiger partial charge on any atom is 0.272 e. The van der Waals surface area contributed by atoms with E-state index in [0.717, 1.165) is 16.3 Å². The molecule has 0 saturated heterocycles. The third-order valence-electron chi connectivity index (χ3n) is 1.37. The van der Waals surface area contributed by atoms with E-state index in [0.29, 0.717) is 0 Å². The molecule has 3 nitrogen and oxygen atoms in total. The highest BCUT2D eigenvalue weighted by atomic mass is 35.7. The number of nitrogens with zero attached hydrogens (tertiary/aromatic N) is 1. The van der Waals surface area contributed by atoms with E-state index in [1.165, 1.54) is 6.20 Å². The van der Waals surface area contributed by atoms with E-state index in [1.54, 1.807) is 0 Å². The van der Waals surface area contributed by atoms with Gasteiger partial charge in [0.2, 0.25) is 0 Å². The largest absolute Gasteiger partial charge is 0.272 e. The molecule has 13 heavy (non-hydrogen) atoms. The van der Waals surface area contributed by atoms with Gasteiger partial charge in [-0.25, -0.2) is 13.4 Å². The molecular formula is C7H10ClNO2S2. The molecule has 1 rings (SSSR count). The van der Waals surface area contributed by atoms with Crippen LogP contribution >= 0.6 is 22.0 Å². The molecule has 74 valence electrons. The highest BCUT2D eigenvalue weighted by Gasteiger charge is 2.21. The highest BCUT2D eigenvalue weighted by molar-refractivity contribution is 8.15. The second kappa shape index (κ2) is 3.22. The van der Waals surface area contributed by atoms with Crippen molar-refractivity contribution < 1.29 is 8.42 Å². The van der Waals surface area contributed by atoms with E-state index < -0.39 is 9.05 Å². The third kappa shape index (κ3) is 2.65. The van der Waals surface area contributed by atoms with Gasteiger partial charge in [0.15, 0.2) is 4.21 Å². The summed E-state index contributed by atoms with van der Waals surface area (Å²) in [5.41, 5.74) is -0.134. The van der Waals surface area contributed by atoms with Crippen molar-refractivity contribution in [2.24, 2.45) is 0 Å². The monoisotopic (exact) mass is 239 g/mol. The smallest absolute Gasteiger partial charge is 0.248 e. The standard InChI is InChI=1S/C7H10ClNO2S2/c1-7(2,3)6-9-4-5(12-6)13(8,10)11/h4H,1-3H3. The van der Waals surface area contributed by atoms with Gasteiger partial charge in [-0.1, -0.05) is 20.8 Å². The van der Waals surface area contributed by atoms with Crippen molar-refractivity contribution in [2.75, 3.05) is 0 Å². The Morgan fingerprint density at radius 3 is 2.23 bits per heavy atom. The zero-order valence-corrected chi connectivity index (χ0v) is 9.92. The lowest BCUT2D eigenvalue weighted by Gasteiger charge is -2.13. The molecule has 1 aromatic rings. The molecule has 0 spiro atoms. The Labute approximate surface area is 86.2 Å². The van der Waals surface area contributed by atoms with Gasteiger partial charge in [-0.2, -0.15) is 0 Å². The second-order valence-corrected chi connectivity index (χ2v) is 7.50. The molecule has 0 fully saturated rings. The Hall–Kier alpha value is -0.130. The van der Waals surface area contributed by atoms with E-state index in [1.807, 2.05) is 20.8 Å². The zero-order valence-electron chi connectivity index (χ0n) is 7.54. The van der Waals surface area contributed by atoms with Gasteiger partial charge >= 0.3 is 0 Å². The summed E-state index contributed by atoms with van der Waals surface area (Å²) in [6.07, 6.45) is 1.30. The first-order chi connectivity index (χ1) is 5.71. The zero-order chi connectivity index (χ0) is 10.3. The molecule has 0 atom stereocenters. The average Bonchev–Trinajstić information content (AvgIpc) is 2.28. The maximum atomic E-state index is 10.9. The number of halogens is 1. The van der Waals surface area contributed by atoms with E-state index >= 15 is 0 Å². The Morgan fingerprint density at radius 1 is 1.46 bits per heavy atom. The first kappa shape index (κ1) is 10.9. The Kier molecular flexibility index (Phi) is 2.71. The summed E-state index contributed by atoms with van der Waals surface area (Å²) >= 11 is 1.12. The minimum atomic E-state index is -3.61. The van der Waals surface area contributed by atoms with Crippen LogP contribution in [0.3, 0.4) is 0 Å². The predicted molar refractivity (Wildman–Crippen MR) is 53.9 cm³/mol. The molecule has 0 amide bonds. The summed E-state index contributed by atoms with van der Waals surface area (Å²) in [4.78, 5) is 4.01. The molecule has 1 heterocycles. The van der Waals surface area contributed by atoms with Crippen molar-refractivity contribution >= 4 is 31.1 Å². The summed E-state index contributed by atoms with van der Waals surface area (Å²) in [5.74, 6) is 0. The quantitative estimate of drug-likeness (QED) is 0.707. The highest BCUT2D eigenvalue weighted by Crippen LogP contribution is 2.30. The van der Waals surface area contributed by atoms with Gasteiger partial charge in [-0.05, 0) is 0 Å². The summed E-state index contributed by atoms with van der Waals surface area (Å²) in [6.45, 7) is 5.91. The Morgan fingerprint density at radius 2 is 2.00 bits per heavy atom. The Balaban J connectivity index is 3.16. The van der Waals surface area contributed by atoms with Crippen LogP contribution in [0.1, 0.15) is 25.8 Å². The summed E-state index contributed by atoms with van der Waals surface area (Å²) in [6, 6.07) is 0. The molecule has 1 aromatic heterocycles. The van der Waals surface area contributed by atoms with Gasteiger partial charge < -0.3 is 0 Å².